The summed E-state index contributed by atoms with van der Waals surface area (Å²) in [7, 11) is 7.59. The fourth-order valence-corrected chi connectivity index (χ4v) is 3.90. The molecule has 0 aromatic heterocycles. The number of fused-ring (bicyclic) bond motifs is 3. The predicted molar refractivity (Wildman–Crippen MR) is 101 cm³/mol. The number of methoxy groups -OCH3 is 1. The summed E-state index contributed by atoms with van der Waals surface area (Å²) >= 11 is 0. The van der Waals surface area contributed by atoms with E-state index in [1.54, 1.807) is 7.11 Å². The summed E-state index contributed by atoms with van der Waals surface area (Å²) in [6, 6.07) is 0. The van der Waals surface area contributed by atoms with E-state index in [1.807, 2.05) is 55.2 Å². The van der Waals surface area contributed by atoms with Gasteiger partial charge in [-0.3, -0.25) is 9.69 Å². The number of nitrogens with zero attached hydrogens (tertiary/aromatic N) is 3. The van der Waals surface area contributed by atoms with E-state index in [2.05, 4.69) is 11.4 Å². The number of rotatable bonds is 3. The molecule has 0 amide bonds. The maximum Gasteiger partial charge on any atom is 0.192 e. The van der Waals surface area contributed by atoms with Crippen LogP contribution in [0.5, 0.6) is 0 Å². The molecule has 0 saturated carbocycles. The Kier molecular flexibility index (Phi) is 4.07. The standard InChI is InChI=1S/C20H24N4O2/c1-23(2)20-21-17-13-7-5-6-8-14(13)19(25)16(18(17)22-20)12-9-10-15(26-4)24(3)11-12/h5-6,8-10,13,20,22H,7,11H2,1-4H3. The molecule has 1 N–H and O–H groups in total. The highest BCUT2D eigenvalue weighted by Gasteiger charge is 2.42. The normalized spacial score (nSPS) is 27.4. The van der Waals surface area contributed by atoms with Crippen molar-refractivity contribution in [3.63, 3.8) is 0 Å². The van der Waals surface area contributed by atoms with Crippen LogP contribution in [0, 0.1) is 5.92 Å². The van der Waals surface area contributed by atoms with E-state index in [1.165, 1.54) is 0 Å². The van der Waals surface area contributed by atoms with Gasteiger partial charge in [-0.05, 0) is 32.2 Å². The average molecular weight is 352 g/mol. The van der Waals surface area contributed by atoms with Crippen molar-refractivity contribution in [3.05, 3.63) is 58.7 Å². The van der Waals surface area contributed by atoms with Gasteiger partial charge in [0.2, 0.25) is 0 Å². The Morgan fingerprint density at radius 2 is 2.12 bits per heavy atom. The van der Waals surface area contributed by atoms with E-state index in [0.29, 0.717) is 6.54 Å². The first kappa shape index (κ1) is 16.8. The van der Waals surface area contributed by atoms with Crippen LogP contribution in [-0.2, 0) is 9.53 Å². The summed E-state index contributed by atoms with van der Waals surface area (Å²) in [5.74, 6) is 0.949. The lowest BCUT2D eigenvalue weighted by Crippen LogP contribution is -2.39. The Balaban J connectivity index is 1.84. The fraction of sp³-hybridized carbons (Fsp3) is 0.400. The molecule has 6 nitrogen and oxygen atoms in total. The maximum atomic E-state index is 13.4. The number of ketones is 1. The molecule has 2 aliphatic heterocycles. The highest BCUT2D eigenvalue weighted by Crippen LogP contribution is 2.39. The number of hydrogen-bond acceptors (Lipinski definition) is 6. The van der Waals surface area contributed by atoms with Gasteiger partial charge < -0.3 is 15.0 Å². The molecule has 6 heteroatoms. The molecular weight excluding hydrogens is 328 g/mol. The Hall–Kier alpha value is -2.60. The van der Waals surface area contributed by atoms with E-state index in [-0.39, 0.29) is 18.0 Å². The van der Waals surface area contributed by atoms with Gasteiger partial charge in [0.1, 0.15) is 0 Å². The lowest BCUT2D eigenvalue weighted by atomic mass is 9.74. The molecule has 4 rings (SSSR count). The van der Waals surface area contributed by atoms with Crippen LogP contribution < -0.4 is 5.32 Å². The van der Waals surface area contributed by atoms with Gasteiger partial charge in [-0.15, -0.1) is 0 Å². The first-order chi connectivity index (χ1) is 12.5. The maximum absolute atomic E-state index is 13.4. The van der Waals surface area contributed by atoms with Gasteiger partial charge in [0.25, 0.3) is 0 Å². The van der Waals surface area contributed by atoms with E-state index in [4.69, 9.17) is 9.73 Å². The molecule has 0 saturated heterocycles. The van der Waals surface area contributed by atoms with Crippen LogP contribution in [0.4, 0.5) is 0 Å². The van der Waals surface area contributed by atoms with Crippen LogP contribution in [0.2, 0.25) is 0 Å². The number of nitrogens with one attached hydrogen (secondary N) is 1. The second-order valence-corrected chi connectivity index (χ2v) is 7.17. The summed E-state index contributed by atoms with van der Waals surface area (Å²) in [4.78, 5) is 22.3. The molecule has 2 atom stereocenters. The number of likely N-dealkylation sites (N-methyl/N-ethyl adjacent to an activating group) is 1. The molecule has 0 aromatic rings. The Bertz CT molecular complexity index is 842. The van der Waals surface area contributed by atoms with Crippen LogP contribution in [0.15, 0.2) is 63.7 Å². The van der Waals surface area contributed by atoms with Crippen molar-refractivity contribution >= 4 is 11.5 Å². The van der Waals surface area contributed by atoms with Gasteiger partial charge in [-0.2, -0.15) is 0 Å². The van der Waals surface area contributed by atoms with Crippen LogP contribution in [0.25, 0.3) is 0 Å². The van der Waals surface area contributed by atoms with Crippen LogP contribution in [-0.4, -0.2) is 62.4 Å². The van der Waals surface area contributed by atoms with Crippen molar-refractivity contribution < 1.29 is 9.53 Å². The van der Waals surface area contributed by atoms with Crippen LogP contribution >= 0.6 is 0 Å². The van der Waals surface area contributed by atoms with Crippen molar-refractivity contribution in [3.8, 4) is 0 Å². The Labute approximate surface area is 153 Å². The van der Waals surface area contributed by atoms with Crippen LogP contribution in [0.1, 0.15) is 6.42 Å². The molecule has 0 bridgehead atoms. The third kappa shape index (κ3) is 2.52. The fourth-order valence-electron chi connectivity index (χ4n) is 3.90. The second-order valence-electron chi connectivity index (χ2n) is 7.17. The topological polar surface area (TPSA) is 57.2 Å². The molecule has 0 fully saturated rings. The van der Waals surface area contributed by atoms with Crippen LogP contribution in [0.3, 0.4) is 0 Å². The minimum atomic E-state index is -0.139. The van der Waals surface area contributed by atoms with Gasteiger partial charge in [-0.25, -0.2) is 4.99 Å². The monoisotopic (exact) mass is 352 g/mol. The summed E-state index contributed by atoms with van der Waals surface area (Å²) < 4.78 is 5.36. The van der Waals surface area contributed by atoms with Crippen molar-refractivity contribution in [2.75, 3.05) is 34.8 Å². The zero-order valence-corrected chi connectivity index (χ0v) is 15.6. The number of hydrogen-bond donors (Lipinski definition) is 1. The third-order valence-electron chi connectivity index (χ3n) is 5.25. The van der Waals surface area contributed by atoms with E-state index in [9.17, 15) is 4.79 Å². The summed E-state index contributed by atoms with van der Waals surface area (Å²) in [5.41, 5.74) is 4.46. The molecule has 26 heavy (non-hydrogen) atoms. The summed E-state index contributed by atoms with van der Waals surface area (Å²) in [5, 5.41) is 3.46. The van der Waals surface area contributed by atoms with E-state index in [0.717, 1.165) is 40.4 Å². The minimum Gasteiger partial charge on any atom is -0.482 e. The van der Waals surface area contributed by atoms with Gasteiger partial charge >= 0.3 is 0 Å². The first-order valence-corrected chi connectivity index (χ1v) is 8.84. The third-order valence-corrected chi connectivity index (χ3v) is 5.25. The molecular formula is C20H24N4O2. The molecule has 4 aliphatic rings. The molecule has 0 spiro atoms. The highest BCUT2D eigenvalue weighted by atomic mass is 16.5. The second kappa shape index (κ2) is 6.29. The Morgan fingerprint density at radius 1 is 1.31 bits per heavy atom. The zero-order chi connectivity index (χ0) is 18.4. The molecule has 2 heterocycles. The predicted octanol–water partition coefficient (Wildman–Crippen LogP) is 1.57. The smallest absolute Gasteiger partial charge is 0.192 e. The summed E-state index contributed by atoms with van der Waals surface area (Å²) in [6.07, 6.45) is 10.6. The average Bonchev–Trinajstić information content (AvgIpc) is 3.07. The van der Waals surface area contributed by atoms with Crippen molar-refractivity contribution in [1.29, 1.82) is 0 Å². The number of aliphatic imine (C=N–C) groups is 1. The van der Waals surface area contributed by atoms with E-state index >= 15 is 0 Å². The minimum absolute atomic E-state index is 0.0516. The van der Waals surface area contributed by atoms with Crippen molar-refractivity contribution in [2.24, 2.45) is 10.9 Å². The largest absolute Gasteiger partial charge is 0.482 e. The Morgan fingerprint density at radius 3 is 2.81 bits per heavy atom. The van der Waals surface area contributed by atoms with Gasteiger partial charge in [0.15, 0.2) is 18.0 Å². The van der Waals surface area contributed by atoms with Crippen molar-refractivity contribution in [1.82, 2.24) is 15.1 Å². The van der Waals surface area contributed by atoms with E-state index < -0.39 is 0 Å². The number of carbonyl (C=O) groups excluding carboxylic acids is 1. The van der Waals surface area contributed by atoms with Crippen molar-refractivity contribution in [2.45, 2.75) is 12.7 Å². The van der Waals surface area contributed by atoms with Gasteiger partial charge in [0.05, 0.1) is 24.1 Å². The number of carbonyl (C=O) groups is 1. The first-order valence-electron chi connectivity index (χ1n) is 8.84. The van der Waals surface area contributed by atoms with Gasteiger partial charge in [0, 0.05) is 25.1 Å². The number of ether oxygens (including phenoxy) is 1. The molecule has 136 valence electrons. The highest BCUT2D eigenvalue weighted by molar-refractivity contribution is 6.25. The SMILES string of the molecule is COC1=CC=C(C2=C3NC(N(C)C)N=C3C3CC=CC=C3C2=O)CN1C. The number of Topliss-reactive ketones (excluding diaryl/α,β-unsaturated/α-hetero) is 1. The summed E-state index contributed by atoms with van der Waals surface area (Å²) in [6.45, 7) is 0.625. The lowest BCUT2D eigenvalue weighted by molar-refractivity contribution is -0.112. The quantitative estimate of drug-likeness (QED) is 0.836. The molecule has 2 unspecified atom stereocenters. The molecule has 2 aliphatic carbocycles. The molecule has 0 aromatic carbocycles. The number of allylic oxidation sites excluding steroid dienone is 7. The molecule has 0 radical (unpaired) electrons. The zero-order valence-electron chi connectivity index (χ0n) is 15.6. The van der Waals surface area contributed by atoms with Gasteiger partial charge in [-0.1, -0.05) is 24.3 Å². The lowest BCUT2D eigenvalue weighted by Gasteiger charge is -2.32.